The first-order valence-electron chi connectivity index (χ1n) is 11.4. The number of benzene rings is 2. The summed E-state index contributed by atoms with van der Waals surface area (Å²) in [6, 6.07) is 10.1. The number of aromatic nitrogens is 2. The van der Waals surface area contributed by atoms with E-state index in [9.17, 15) is 9.59 Å². The molecule has 8 nitrogen and oxygen atoms in total. The lowest BCUT2D eigenvalue weighted by molar-refractivity contribution is 0.0970. The van der Waals surface area contributed by atoms with Crippen LogP contribution in [0.25, 0.3) is 11.0 Å². The van der Waals surface area contributed by atoms with Gasteiger partial charge in [0, 0.05) is 0 Å². The molecule has 1 aliphatic rings. The van der Waals surface area contributed by atoms with Crippen LogP contribution in [0.1, 0.15) is 58.1 Å². The Kier molecular flexibility index (Phi) is 6.02. The normalized spacial score (nSPS) is 15.0. The van der Waals surface area contributed by atoms with Crippen LogP contribution in [0.15, 0.2) is 45.6 Å². The van der Waals surface area contributed by atoms with Gasteiger partial charge in [-0.2, -0.15) is 0 Å². The average Bonchev–Trinajstić information content (AvgIpc) is 3.40. The maximum absolute atomic E-state index is 13.8. The van der Waals surface area contributed by atoms with Crippen molar-refractivity contribution in [1.29, 1.82) is 0 Å². The molecule has 1 atom stereocenters. The second-order valence-corrected chi connectivity index (χ2v) is 9.63. The van der Waals surface area contributed by atoms with Crippen LogP contribution >= 0.6 is 11.3 Å². The highest BCUT2D eigenvalue weighted by Gasteiger charge is 2.45. The quantitative estimate of drug-likeness (QED) is 0.328. The molecule has 0 aliphatic carbocycles. The van der Waals surface area contributed by atoms with E-state index in [1.54, 1.807) is 25.3 Å². The maximum Gasteiger partial charge on any atom is 0.297 e. The molecule has 5 rings (SSSR count). The van der Waals surface area contributed by atoms with Gasteiger partial charge < -0.3 is 13.9 Å². The van der Waals surface area contributed by atoms with Crippen LogP contribution in [-0.2, 0) is 0 Å². The second-order valence-electron chi connectivity index (χ2n) is 8.47. The van der Waals surface area contributed by atoms with Crippen LogP contribution in [-0.4, -0.2) is 29.8 Å². The van der Waals surface area contributed by atoms with Gasteiger partial charge in [-0.05, 0) is 50.1 Å². The number of anilines is 1. The lowest BCUT2D eigenvalue weighted by Crippen LogP contribution is -2.29. The van der Waals surface area contributed by atoms with Gasteiger partial charge in [0.15, 0.2) is 16.9 Å². The molecule has 180 valence electrons. The monoisotopic (exact) mass is 491 g/mol. The van der Waals surface area contributed by atoms with Crippen LogP contribution < -0.4 is 19.8 Å². The molecule has 0 bridgehead atoms. The minimum absolute atomic E-state index is 0.0199. The zero-order chi connectivity index (χ0) is 24.7. The highest BCUT2D eigenvalue weighted by molar-refractivity contribution is 7.15. The molecule has 4 aromatic rings. The van der Waals surface area contributed by atoms with Crippen molar-refractivity contribution in [2.24, 2.45) is 0 Å². The number of fused-ring (bicyclic) bond motifs is 2. The number of hydrogen-bond donors (Lipinski definition) is 0. The van der Waals surface area contributed by atoms with Crippen molar-refractivity contribution in [3.05, 3.63) is 74.1 Å². The number of amides is 1. The lowest BCUT2D eigenvalue weighted by atomic mass is 9.98. The van der Waals surface area contributed by atoms with Gasteiger partial charge in [0.1, 0.15) is 10.6 Å². The van der Waals surface area contributed by atoms with Gasteiger partial charge in [0.2, 0.25) is 10.9 Å². The number of carbonyl (C=O) groups is 1. The van der Waals surface area contributed by atoms with Gasteiger partial charge in [-0.1, -0.05) is 42.4 Å². The Balaban J connectivity index is 1.71. The number of carbonyl (C=O) groups excluding carboxylic acids is 1. The fraction of sp³-hybridized carbons (Fsp3) is 0.308. The van der Waals surface area contributed by atoms with Crippen molar-refractivity contribution in [1.82, 2.24) is 10.2 Å². The minimum Gasteiger partial charge on any atom is -0.493 e. The fourth-order valence-corrected chi connectivity index (χ4v) is 5.00. The zero-order valence-electron chi connectivity index (χ0n) is 20.0. The van der Waals surface area contributed by atoms with Crippen LogP contribution in [0.5, 0.6) is 11.5 Å². The fourth-order valence-electron chi connectivity index (χ4n) is 4.28. The predicted octanol–water partition coefficient (Wildman–Crippen LogP) is 5.20. The van der Waals surface area contributed by atoms with E-state index in [0.717, 1.165) is 18.4 Å². The van der Waals surface area contributed by atoms with Crippen molar-refractivity contribution in [3.8, 4) is 11.5 Å². The molecule has 2 aromatic carbocycles. The van der Waals surface area contributed by atoms with Gasteiger partial charge in [-0.3, -0.25) is 14.5 Å². The number of hydrogen-bond acceptors (Lipinski definition) is 8. The van der Waals surface area contributed by atoms with E-state index in [2.05, 4.69) is 17.1 Å². The molecule has 0 fully saturated rings. The van der Waals surface area contributed by atoms with E-state index >= 15 is 0 Å². The van der Waals surface area contributed by atoms with Crippen LogP contribution in [0.3, 0.4) is 0 Å². The summed E-state index contributed by atoms with van der Waals surface area (Å²) >= 11 is 1.28. The third kappa shape index (κ3) is 3.95. The number of rotatable bonds is 7. The molecule has 1 unspecified atom stereocenters. The number of ether oxygens (including phenoxy) is 2. The van der Waals surface area contributed by atoms with Crippen LogP contribution in [0.4, 0.5) is 5.13 Å². The summed E-state index contributed by atoms with van der Waals surface area (Å²) in [5.41, 5.74) is 2.03. The Morgan fingerprint density at radius 2 is 1.91 bits per heavy atom. The molecule has 1 aliphatic heterocycles. The van der Waals surface area contributed by atoms with E-state index in [4.69, 9.17) is 13.9 Å². The Morgan fingerprint density at radius 3 is 2.63 bits per heavy atom. The van der Waals surface area contributed by atoms with E-state index in [0.29, 0.717) is 44.8 Å². The van der Waals surface area contributed by atoms with Gasteiger partial charge >= 0.3 is 0 Å². The number of unbranched alkanes of at least 4 members (excludes halogenated alkanes) is 1. The Morgan fingerprint density at radius 1 is 1.09 bits per heavy atom. The summed E-state index contributed by atoms with van der Waals surface area (Å²) in [5, 5.41) is 9.83. The van der Waals surface area contributed by atoms with Gasteiger partial charge in [0.25, 0.3) is 5.91 Å². The van der Waals surface area contributed by atoms with Crippen molar-refractivity contribution in [3.63, 3.8) is 0 Å². The lowest BCUT2D eigenvalue weighted by Gasteiger charge is -2.23. The molecule has 9 heteroatoms. The van der Waals surface area contributed by atoms with E-state index in [1.165, 1.54) is 16.2 Å². The van der Waals surface area contributed by atoms with Gasteiger partial charge in [-0.15, -0.1) is 10.2 Å². The average molecular weight is 492 g/mol. The summed E-state index contributed by atoms with van der Waals surface area (Å²) in [4.78, 5) is 28.9. The second kappa shape index (κ2) is 9.14. The largest absolute Gasteiger partial charge is 0.493 e. The highest BCUT2D eigenvalue weighted by atomic mass is 32.1. The minimum atomic E-state index is -0.746. The first-order chi connectivity index (χ1) is 16.9. The van der Waals surface area contributed by atoms with E-state index < -0.39 is 11.9 Å². The van der Waals surface area contributed by atoms with Crippen molar-refractivity contribution in [2.45, 2.75) is 39.7 Å². The number of nitrogens with zero attached hydrogens (tertiary/aromatic N) is 3. The standard InChI is InChI=1S/C26H25N3O5S/c1-5-6-11-33-19-10-8-16(13-20(19)32-4)22-21-23(30)17-12-14(2)7-9-18(17)34-24(21)25(31)29(22)26-28-27-15(3)35-26/h7-10,12-13,22H,5-6,11H2,1-4H3. The molecule has 0 radical (unpaired) electrons. The predicted molar refractivity (Wildman–Crippen MR) is 134 cm³/mol. The first-order valence-corrected chi connectivity index (χ1v) is 12.3. The summed E-state index contributed by atoms with van der Waals surface area (Å²) in [7, 11) is 1.57. The molecule has 0 spiro atoms. The molecule has 2 aromatic heterocycles. The van der Waals surface area contributed by atoms with Gasteiger partial charge in [0.05, 0.1) is 30.7 Å². The molecular weight excluding hydrogens is 466 g/mol. The number of methoxy groups -OCH3 is 1. The summed E-state index contributed by atoms with van der Waals surface area (Å²) in [5.74, 6) is 0.719. The molecular formula is C26H25N3O5S. The van der Waals surface area contributed by atoms with Crippen molar-refractivity contribution < 1.29 is 18.7 Å². The van der Waals surface area contributed by atoms with Crippen LogP contribution in [0, 0.1) is 13.8 Å². The highest BCUT2D eigenvalue weighted by Crippen LogP contribution is 2.44. The Bertz CT molecular complexity index is 1490. The van der Waals surface area contributed by atoms with Crippen molar-refractivity contribution in [2.75, 3.05) is 18.6 Å². The molecule has 3 heterocycles. The zero-order valence-corrected chi connectivity index (χ0v) is 20.8. The Hall–Kier alpha value is -3.72. The third-order valence-electron chi connectivity index (χ3n) is 6.01. The van der Waals surface area contributed by atoms with Crippen LogP contribution in [0.2, 0.25) is 0 Å². The summed E-state index contributed by atoms with van der Waals surface area (Å²) < 4.78 is 17.5. The maximum atomic E-state index is 13.8. The number of aryl methyl sites for hydroxylation is 2. The molecule has 1 amide bonds. The van der Waals surface area contributed by atoms with E-state index in [1.807, 2.05) is 32.0 Å². The SMILES string of the molecule is CCCCOc1ccc(C2c3c(oc4ccc(C)cc4c3=O)C(=O)N2c2nnc(C)s2)cc1OC. The molecule has 0 N–H and O–H groups in total. The summed E-state index contributed by atoms with van der Waals surface area (Å²) in [6.45, 7) is 6.39. The van der Waals surface area contributed by atoms with Crippen molar-refractivity contribution >= 4 is 33.3 Å². The first kappa shape index (κ1) is 23.0. The third-order valence-corrected chi connectivity index (χ3v) is 6.84. The molecule has 0 saturated heterocycles. The van der Waals surface area contributed by atoms with Gasteiger partial charge in [-0.25, -0.2) is 0 Å². The van der Waals surface area contributed by atoms with E-state index in [-0.39, 0.29) is 16.8 Å². The molecule has 35 heavy (non-hydrogen) atoms. The Labute approximate surface area is 206 Å². The topological polar surface area (TPSA) is 94.8 Å². The molecule has 0 saturated carbocycles. The smallest absolute Gasteiger partial charge is 0.297 e. The summed E-state index contributed by atoms with van der Waals surface area (Å²) in [6.07, 6.45) is 1.94.